The molecule has 0 aromatic rings. The Bertz CT molecular complexity index is 2690. The Morgan fingerprint density at radius 1 is 0.479 bits per heavy atom. The molecule has 33 heteroatoms. The maximum atomic E-state index is 14.0. The Balaban J connectivity index is 3.37. The van der Waals surface area contributed by atoms with Crippen molar-refractivity contribution in [2.45, 2.75) is 241 Å². The number of carboxylic acids is 1. The van der Waals surface area contributed by atoms with E-state index in [-0.39, 0.29) is 19.4 Å². The number of carboxylic acid groups (broad SMARTS) is 1. The van der Waals surface area contributed by atoms with Gasteiger partial charge in [0.2, 0.25) is 47.3 Å². The van der Waals surface area contributed by atoms with Crippen LogP contribution in [0, 0.1) is 23.7 Å². The van der Waals surface area contributed by atoms with E-state index in [2.05, 4.69) is 53.2 Å². The van der Waals surface area contributed by atoms with E-state index in [1.807, 2.05) is 0 Å². The molecule has 1 aliphatic rings. The first-order valence-corrected chi connectivity index (χ1v) is 31.1. The lowest BCUT2D eigenvalue weighted by Crippen LogP contribution is -2.58. The summed E-state index contributed by atoms with van der Waals surface area (Å²) in [5, 5.41) is 34.4. The van der Waals surface area contributed by atoms with E-state index in [1.54, 1.807) is 90.0 Å². The molecule has 1 fully saturated rings. The van der Waals surface area contributed by atoms with E-state index in [1.165, 1.54) is 41.5 Å². The van der Waals surface area contributed by atoms with Crippen LogP contribution in [-0.2, 0) is 81.2 Å². The predicted octanol–water partition coefficient (Wildman–Crippen LogP) is 1.85. The number of esters is 2. The molecule has 0 aromatic heterocycles. The third-order valence-corrected chi connectivity index (χ3v) is 13.0. The number of nitrogens with zero attached hydrogens (tertiary/aromatic N) is 1. The fourth-order valence-electron chi connectivity index (χ4n) is 8.30. The van der Waals surface area contributed by atoms with E-state index in [4.69, 9.17) is 28.4 Å². The molecule has 1 saturated carbocycles. The van der Waals surface area contributed by atoms with E-state index in [0.29, 0.717) is 19.3 Å². The molecule has 0 bridgehead atoms. The average Bonchev–Trinajstić information content (AvgIpc) is 1.61. The number of ether oxygens (including phenoxy) is 6. The second kappa shape index (κ2) is 37.4. The van der Waals surface area contributed by atoms with Crippen molar-refractivity contribution in [3.05, 3.63) is 0 Å². The third-order valence-electron chi connectivity index (χ3n) is 13.0. The summed E-state index contributed by atoms with van der Waals surface area (Å²) in [6, 6.07) is -10.4. The summed E-state index contributed by atoms with van der Waals surface area (Å²) < 4.78 is 31.4. The second-order valence-electron chi connectivity index (χ2n) is 27.7. The second-order valence-corrected chi connectivity index (χ2v) is 27.7. The number of hydrogen-bond acceptors (Lipinski definition) is 21. The Kier molecular flexibility index (Phi) is 33.2. The van der Waals surface area contributed by atoms with Crippen LogP contribution in [0.2, 0.25) is 0 Å². The lowest BCUT2D eigenvalue weighted by Gasteiger charge is -2.33. The first-order valence-electron chi connectivity index (χ1n) is 31.1. The van der Waals surface area contributed by atoms with Gasteiger partial charge in [-0.2, -0.15) is 0 Å². The molecule has 33 nitrogen and oxygen atoms in total. The van der Waals surface area contributed by atoms with Crippen molar-refractivity contribution < 1.29 is 105 Å². The molecule has 0 aliphatic heterocycles. The number of carbonyl (C=O) groups is 15. The number of aliphatic carboxylic acids is 1. The number of nitrogens with one attached hydrogen (secondary N) is 10. The van der Waals surface area contributed by atoms with Crippen molar-refractivity contribution in [2.75, 3.05) is 33.2 Å². The van der Waals surface area contributed by atoms with Gasteiger partial charge in [-0.3, -0.25) is 48.1 Å². The van der Waals surface area contributed by atoms with Gasteiger partial charge in [-0.05, 0) is 146 Å². The van der Waals surface area contributed by atoms with Gasteiger partial charge in [-0.15, -0.1) is 0 Å². The maximum Gasteiger partial charge on any atom is 0.516 e. The number of unbranched alkanes of at least 4 members (excludes halogenated alkanes) is 1. The van der Waals surface area contributed by atoms with Gasteiger partial charge in [0.15, 0.2) is 6.04 Å². The molecule has 1 aliphatic carbocycles. The molecular weight excluding hydrogens is 1240 g/mol. The van der Waals surface area contributed by atoms with Gasteiger partial charge in [-0.25, -0.2) is 28.8 Å². The van der Waals surface area contributed by atoms with Crippen molar-refractivity contribution >= 4 is 89.6 Å². The number of alkyl carbamates (subject to hydrolysis) is 2. The van der Waals surface area contributed by atoms with E-state index in [0.717, 1.165) is 11.9 Å². The third kappa shape index (κ3) is 33.9. The molecule has 0 heterocycles. The lowest BCUT2D eigenvalue weighted by atomic mass is 10.00. The van der Waals surface area contributed by atoms with Crippen LogP contribution in [-0.4, -0.2) is 204 Å². The molecule has 0 aromatic carbocycles. The van der Waals surface area contributed by atoms with Crippen molar-refractivity contribution in [3.8, 4) is 0 Å². The minimum absolute atomic E-state index is 0.0976. The minimum Gasteiger partial charge on any atom is -0.480 e. The molecular formula is C61H103N11O22. The summed E-state index contributed by atoms with van der Waals surface area (Å²) in [6.07, 6.45) is -5.30. The van der Waals surface area contributed by atoms with E-state index in [9.17, 15) is 77.0 Å². The first-order chi connectivity index (χ1) is 43.0. The maximum absolute atomic E-state index is 14.0. The Morgan fingerprint density at radius 3 is 1.39 bits per heavy atom. The fourth-order valence-corrected chi connectivity index (χ4v) is 8.30. The summed E-state index contributed by atoms with van der Waals surface area (Å²) in [5.74, 6) is -13.9. The van der Waals surface area contributed by atoms with Gasteiger partial charge in [0.1, 0.15) is 64.8 Å². The topological polar surface area (TPSA) is 455 Å². The van der Waals surface area contributed by atoms with Crippen molar-refractivity contribution in [2.24, 2.45) is 23.7 Å². The van der Waals surface area contributed by atoms with Crippen molar-refractivity contribution in [1.82, 2.24) is 58.1 Å². The minimum atomic E-state index is -1.93. The molecule has 8 atom stereocenters. The highest BCUT2D eigenvalue weighted by Gasteiger charge is 2.47. The van der Waals surface area contributed by atoms with Gasteiger partial charge < -0.3 is 86.7 Å². The molecule has 11 N–H and O–H groups in total. The highest BCUT2D eigenvalue weighted by Crippen LogP contribution is 2.38. The molecule has 1 rings (SSSR count). The lowest BCUT2D eigenvalue weighted by molar-refractivity contribution is -0.162. The zero-order chi connectivity index (χ0) is 72.6. The van der Waals surface area contributed by atoms with Crippen LogP contribution in [0.25, 0.3) is 0 Å². The Hall–Kier alpha value is -8.55. The van der Waals surface area contributed by atoms with Crippen molar-refractivity contribution in [3.63, 3.8) is 0 Å². The fraction of sp³-hybridized carbons (Fsp3) is 0.754. The zero-order valence-corrected chi connectivity index (χ0v) is 58.0. The van der Waals surface area contributed by atoms with Crippen molar-refractivity contribution in [1.29, 1.82) is 0 Å². The van der Waals surface area contributed by atoms with Gasteiger partial charge in [0.05, 0.1) is 26.1 Å². The Morgan fingerprint density at radius 2 is 0.926 bits per heavy atom. The largest absolute Gasteiger partial charge is 0.516 e. The predicted molar refractivity (Wildman–Crippen MR) is 335 cm³/mol. The van der Waals surface area contributed by atoms with Crippen LogP contribution in [0.1, 0.15) is 170 Å². The number of likely N-dealkylation sites (N-methyl/N-ethyl adjacent to an activating group) is 1. The smallest absolute Gasteiger partial charge is 0.480 e. The molecule has 94 heavy (non-hydrogen) atoms. The SMILES string of the molecule is CC(C)[C@H](NC(=O)CNC(=O)[C@H](CC(=O)O[C@@H](C1CC1)[C@H](C(=O)O)N(C)C(=O)OC(C)(C)C)NC(=O)[C@H](C)NC(=O)CNC(=O)[C@@H](NC(=O)[C@@H](NC(=O)OC(C)(C)C)C(C)C)C(C)C)C(=O)NCC(=O)N[C@@H](CCCCNC(=O)OC(C)(C)C)C(=O)OC(=O)OC(C)(C)C. The van der Waals surface area contributed by atoms with Crippen LogP contribution in [0.4, 0.5) is 19.2 Å². The summed E-state index contributed by atoms with van der Waals surface area (Å²) in [6.45, 7) is 27.7. The van der Waals surface area contributed by atoms with Crippen LogP contribution in [0.3, 0.4) is 0 Å². The average molecular weight is 1340 g/mol. The monoisotopic (exact) mass is 1340 g/mol. The molecule has 534 valence electrons. The van der Waals surface area contributed by atoms with Crippen LogP contribution in [0.5, 0.6) is 0 Å². The highest BCUT2D eigenvalue weighted by molar-refractivity contribution is 5.98. The van der Waals surface area contributed by atoms with Crippen LogP contribution >= 0.6 is 0 Å². The molecule has 11 amide bonds. The van der Waals surface area contributed by atoms with Gasteiger partial charge in [0, 0.05) is 13.6 Å². The van der Waals surface area contributed by atoms with Gasteiger partial charge >= 0.3 is 42.3 Å². The summed E-state index contributed by atoms with van der Waals surface area (Å²) >= 11 is 0. The Labute approximate surface area is 549 Å². The number of rotatable bonds is 33. The van der Waals surface area contributed by atoms with Crippen LogP contribution in [0.15, 0.2) is 0 Å². The zero-order valence-electron chi connectivity index (χ0n) is 58.0. The van der Waals surface area contributed by atoms with Gasteiger partial charge in [0.25, 0.3) is 0 Å². The molecule has 0 saturated heterocycles. The molecule has 0 radical (unpaired) electrons. The molecule has 0 spiro atoms. The quantitative estimate of drug-likeness (QED) is 0.0193. The van der Waals surface area contributed by atoms with Gasteiger partial charge in [-0.1, -0.05) is 41.5 Å². The highest BCUT2D eigenvalue weighted by atomic mass is 16.7. The summed E-state index contributed by atoms with van der Waals surface area (Å²) in [5.41, 5.74) is -3.72. The number of hydrogen-bond donors (Lipinski definition) is 11. The van der Waals surface area contributed by atoms with Crippen LogP contribution < -0.4 is 53.2 Å². The normalized spacial score (nSPS) is 15.0. The number of amides is 11. The standard InChI is InChI=1S/C61H103N11O22/c1-31(2)42(49(79)65-29-39(74)67-36(53(84)90-57(88)94-61(17,18)19)23-21-22-26-62-54(85)91-58(8,9)10)69-40(75)30-63-48(78)37(27-41(76)89-46(35-24-25-35)45(52(82)83)72(20)56(87)93-60(14,15)16)68-47(77)34(7)66-38(73)28-64-50(80)43(32(3)4)70-51(81)44(33(5)6)71-55(86)92-59(11,12)13/h31-37,42-46H,21-30H2,1-20H3,(H,62,85)(H,63,78)(H,64,80)(H,65,79)(H,66,73)(H,67,74)(H,68,77)(H,69,75)(H,70,81)(H,71,86)(H,82,83)/t34-,36-,37-,42-,43-,44-,45+,46-/m0/s1. The van der Waals surface area contributed by atoms with E-state index < -0.39 is 210 Å². The molecule has 0 unspecified atom stereocenters. The van der Waals surface area contributed by atoms with E-state index >= 15 is 0 Å². The summed E-state index contributed by atoms with van der Waals surface area (Å²) in [7, 11) is 1.13. The number of carbonyl (C=O) groups excluding carboxylic acids is 14. The first kappa shape index (κ1) is 83.5. The summed E-state index contributed by atoms with van der Waals surface area (Å²) in [4.78, 5) is 199.